The minimum absolute atomic E-state index is 0.244. The first-order chi connectivity index (χ1) is 8.93. The minimum Gasteiger partial charge on any atom is -0.481 e. The summed E-state index contributed by atoms with van der Waals surface area (Å²) in [7, 11) is 0. The smallest absolute Gasteiger partial charge is 0.326 e. The van der Waals surface area contributed by atoms with Crippen molar-refractivity contribution < 1.29 is 24.6 Å². The predicted molar refractivity (Wildman–Crippen MR) is 65.5 cm³/mol. The van der Waals surface area contributed by atoms with E-state index in [1.807, 2.05) is 0 Å². The molecule has 1 aromatic rings. The maximum absolute atomic E-state index is 11.7. The molecule has 0 aliphatic rings. The Kier molecular flexibility index (Phi) is 5.01. The highest BCUT2D eigenvalue weighted by Gasteiger charge is 2.23. The number of amides is 1. The van der Waals surface area contributed by atoms with E-state index in [1.165, 1.54) is 12.1 Å². The average molecular weight is 266 g/mol. The van der Waals surface area contributed by atoms with Gasteiger partial charge in [0.15, 0.2) is 0 Å². The topological polar surface area (TPSA) is 130 Å². The summed E-state index contributed by atoms with van der Waals surface area (Å²) < 4.78 is 0. The van der Waals surface area contributed by atoms with E-state index >= 15 is 0 Å². The number of nitrogens with one attached hydrogen (secondary N) is 1. The summed E-state index contributed by atoms with van der Waals surface area (Å²) in [5.41, 5.74) is 6.48. The van der Waals surface area contributed by atoms with Gasteiger partial charge in [0.1, 0.15) is 6.04 Å². The number of hydrogen-bond acceptors (Lipinski definition) is 4. The van der Waals surface area contributed by atoms with Gasteiger partial charge >= 0.3 is 11.9 Å². The summed E-state index contributed by atoms with van der Waals surface area (Å²) >= 11 is 0. The van der Waals surface area contributed by atoms with Gasteiger partial charge in [0.25, 0.3) is 5.91 Å². The normalized spacial score (nSPS) is 11.6. The fraction of sp³-hybridized carbons (Fsp3) is 0.250. The largest absolute Gasteiger partial charge is 0.481 e. The van der Waals surface area contributed by atoms with E-state index in [2.05, 4.69) is 5.32 Å². The van der Waals surface area contributed by atoms with Crippen molar-refractivity contribution in [2.45, 2.75) is 19.0 Å². The monoisotopic (exact) mass is 266 g/mol. The van der Waals surface area contributed by atoms with Gasteiger partial charge in [-0.2, -0.15) is 0 Å². The first-order valence-corrected chi connectivity index (χ1v) is 5.48. The summed E-state index contributed by atoms with van der Waals surface area (Å²) in [6.07, 6.45) is -0.679. The standard InChI is InChI=1S/C12H14N2O5/c13-6-7-1-3-8(4-2-7)11(17)14-9(12(18)19)5-10(15)16/h1-4,9H,5-6,13H2,(H,14,17)(H,15,16)(H,18,19). The number of carbonyl (C=O) groups excluding carboxylic acids is 1. The van der Waals surface area contributed by atoms with Gasteiger partial charge in [0, 0.05) is 12.1 Å². The third-order valence-electron chi connectivity index (χ3n) is 2.43. The van der Waals surface area contributed by atoms with Gasteiger partial charge in [0.2, 0.25) is 0 Å². The molecule has 7 heteroatoms. The molecule has 0 aliphatic carbocycles. The van der Waals surface area contributed by atoms with Crippen molar-refractivity contribution in [3.63, 3.8) is 0 Å². The van der Waals surface area contributed by atoms with Crippen LogP contribution in [-0.2, 0) is 16.1 Å². The zero-order valence-corrected chi connectivity index (χ0v) is 10.00. The van der Waals surface area contributed by atoms with E-state index in [1.54, 1.807) is 12.1 Å². The molecule has 0 fully saturated rings. The first kappa shape index (κ1) is 14.7. The Balaban J connectivity index is 2.75. The van der Waals surface area contributed by atoms with Gasteiger partial charge in [-0.1, -0.05) is 12.1 Å². The summed E-state index contributed by atoms with van der Waals surface area (Å²) in [6.45, 7) is 0.332. The molecule has 0 saturated carbocycles. The zero-order chi connectivity index (χ0) is 14.4. The second-order valence-corrected chi connectivity index (χ2v) is 3.86. The van der Waals surface area contributed by atoms with Crippen molar-refractivity contribution in [2.24, 2.45) is 5.73 Å². The quantitative estimate of drug-likeness (QED) is 0.564. The van der Waals surface area contributed by atoms with Crippen molar-refractivity contribution in [2.75, 3.05) is 0 Å². The van der Waals surface area contributed by atoms with Gasteiger partial charge in [0.05, 0.1) is 6.42 Å². The molecule has 0 spiro atoms. The van der Waals surface area contributed by atoms with Gasteiger partial charge in [-0.05, 0) is 17.7 Å². The summed E-state index contributed by atoms with van der Waals surface area (Å²) in [4.78, 5) is 33.0. The molecule has 0 bridgehead atoms. The highest BCUT2D eigenvalue weighted by molar-refractivity contribution is 5.97. The molecule has 1 unspecified atom stereocenters. The van der Waals surface area contributed by atoms with E-state index in [0.29, 0.717) is 6.54 Å². The molecule has 0 aromatic heterocycles. The number of carbonyl (C=O) groups is 3. The van der Waals surface area contributed by atoms with E-state index in [0.717, 1.165) is 5.56 Å². The maximum Gasteiger partial charge on any atom is 0.326 e. The van der Waals surface area contributed by atoms with Crippen LogP contribution < -0.4 is 11.1 Å². The highest BCUT2D eigenvalue weighted by atomic mass is 16.4. The van der Waals surface area contributed by atoms with E-state index in [-0.39, 0.29) is 5.56 Å². The number of benzene rings is 1. The molecule has 1 amide bonds. The fourth-order valence-corrected chi connectivity index (χ4v) is 1.41. The van der Waals surface area contributed by atoms with Crippen LogP contribution in [0, 0.1) is 0 Å². The lowest BCUT2D eigenvalue weighted by Gasteiger charge is -2.12. The molecule has 0 radical (unpaired) electrons. The van der Waals surface area contributed by atoms with E-state index < -0.39 is 30.3 Å². The van der Waals surface area contributed by atoms with E-state index in [4.69, 9.17) is 15.9 Å². The van der Waals surface area contributed by atoms with Crippen LogP contribution in [0.1, 0.15) is 22.3 Å². The molecule has 0 saturated heterocycles. The molecule has 1 aromatic carbocycles. The van der Waals surface area contributed by atoms with Crippen LogP contribution in [0.15, 0.2) is 24.3 Å². The Bertz CT molecular complexity index is 483. The van der Waals surface area contributed by atoms with Crippen LogP contribution in [0.5, 0.6) is 0 Å². The Morgan fingerprint density at radius 1 is 1.16 bits per heavy atom. The van der Waals surface area contributed by atoms with Crippen LogP contribution in [-0.4, -0.2) is 34.1 Å². The summed E-state index contributed by atoms with van der Waals surface area (Å²) in [5.74, 6) is -3.34. The van der Waals surface area contributed by atoms with E-state index in [9.17, 15) is 14.4 Å². The molecule has 102 valence electrons. The number of aliphatic carboxylic acids is 2. The van der Waals surface area contributed by atoms with Crippen LogP contribution in [0.4, 0.5) is 0 Å². The van der Waals surface area contributed by atoms with Crippen molar-refractivity contribution in [3.05, 3.63) is 35.4 Å². The van der Waals surface area contributed by atoms with Gasteiger partial charge in [-0.25, -0.2) is 4.79 Å². The Labute approximate surface area is 109 Å². The zero-order valence-electron chi connectivity index (χ0n) is 10.00. The van der Waals surface area contributed by atoms with Crippen molar-refractivity contribution >= 4 is 17.8 Å². The summed E-state index contributed by atoms with van der Waals surface area (Å²) in [6, 6.07) is 4.82. The Hall–Kier alpha value is -2.41. The Morgan fingerprint density at radius 2 is 1.74 bits per heavy atom. The lowest BCUT2D eigenvalue weighted by molar-refractivity contribution is -0.145. The molecular formula is C12H14N2O5. The van der Waals surface area contributed by atoms with Gasteiger partial charge < -0.3 is 21.3 Å². The van der Waals surface area contributed by atoms with Gasteiger partial charge in [-0.3, -0.25) is 9.59 Å². The maximum atomic E-state index is 11.7. The highest BCUT2D eigenvalue weighted by Crippen LogP contribution is 2.05. The third-order valence-corrected chi connectivity index (χ3v) is 2.43. The molecule has 0 aliphatic heterocycles. The average Bonchev–Trinajstić information content (AvgIpc) is 2.37. The first-order valence-electron chi connectivity index (χ1n) is 5.48. The van der Waals surface area contributed by atoms with Crippen LogP contribution in [0.3, 0.4) is 0 Å². The van der Waals surface area contributed by atoms with Crippen LogP contribution in [0.25, 0.3) is 0 Å². The predicted octanol–water partition coefficient (Wildman–Crippen LogP) is -0.197. The number of carboxylic acids is 2. The van der Waals surface area contributed by atoms with Crippen molar-refractivity contribution in [3.8, 4) is 0 Å². The third kappa shape index (κ3) is 4.40. The molecule has 7 nitrogen and oxygen atoms in total. The van der Waals surface area contributed by atoms with Gasteiger partial charge in [-0.15, -0.1) is 0 Å². The lowest BCUT2D eigenvalue weighted by Crippen LogP contribution is -2.42. The molecule has 1 rings (SSSR count). The molecule has 5 N–H and O–H groups in total. The number of nitrogens with two attached hydrogens (primary N) is 1. The minimum atomic E-state index is -1.46. The van der Waals surface area contributed by atoms with Crippen molar-refractivity contribution in [1.29, 1.82) is 0 Å². The fourth-order valence-electron chi connectivity index (χ4n) is 1.41. The SMILES string of the molecule is NCc1ccc(C(=O)NC(CC(=O)O)C(=O)O)cc1. The van der Waals surface area contributed by atoms with Crippen LogP contribution in [0.2, 0.25) is 0 Å². The van der Waals surface area contributed by atoms with Crippen LogP contribution >= 0.6 is 0 Å². The second kappa shape index (κ2) is 6.50. The molecule has 0 heterocycles. The lowest BCUT2D eigenvalue weighted by atomic mass is 10.1. The number of rotatable bonds is 6. The number of hydrogen-bond donors (Lipinski definition) is 4. The molecular weight excluding hydrogens is 252 g/mol. The Morgan fingerprint density at radius 3 is 2.16 bits per heavy atom. The summed E-state index contributed by atoms with van der Waals surface area (Å²) in [5, 5.41) is 19.5. The second-order valence-electron chi connectivity index (χ2n) is 3.86. The molecule has 1 atom stereocenters. The van der Waals surface area contributed by atoms with Crippen molar-refractivity contribution in [1.82, 2.24) is 5.32 Å². The molecule has 19 heavy (non-hydrogen) atoms. The number of carboxylic acid groups (broad SMARTS) is 2.